The largest absolute Gasteiger partial charge is 0.489 e. The van der Waals surface area contributed by atoms with Crippen LogP contribution >= 0.6 is 0 Å². The van der Waals surface area contributed by atoms with Gasteiger partial charge in [-0.1, -0.05) is 36.4 Å². The molecule has 2 heterocycles. The number of H-pyrrole nitrogens is 1. The van der Waals surface area contributed by atoms with Gasteiger partial charge in [-0.2, -0.15) is 0 Å². The van der Waals surface area contributed by atoms with Gasteiger partial charge in [0, 0.05) is 36.3 Å². The minimum absolute atomic E-state index is 0.0679. The number of rotatable bonds is 9. The lowest BCUT2D eigenvalue weighted by atomic mass is 10.1. The molecule has 2 amide bonds. The zero-order chi connectivity index (χ0) is 26.9. The van der Waals surface area contributed by atoms with Gasteiger partial charge in [-0.25, -0.2) is 0 Å². The summed E-state index contributed by atoms with van der Waals surface area (Å²) in [6.45, 7) is 5.53. The molecular weight excluding hydrogens is 482 g/mol. The number of benzene rings is 3. The van der Waals surface area contributed by atoms with E-state index in [9.17, 15) is 9.59 Å². The summed E-state index contributed by atoms with van der Waals surface area (Å²) in [6.07, 6.45) is 1.35. The highest BCUT2D eigenvalue weighted by Crippen LogP contribution is 2.32. The Labute approximate surface area is 222 Å². The average molecular weight is 516 g/mol. The van der Waals surface area contributed by atoms with E-state index in [-0.39, 0.29) is 12.5 Å². The topological polar surface area (TPSA) is 92.9 Å². The summed E-state index contributed by atoms with van der Waals surface area (Å²) < 4.78 is 16.2. The number of aromatic nitrogens is 1. The highest BCUT2D eigenvalue weighted by molar-refractivity contribution is 5.86. The third-order valence-corrected chi connectivity index (χ3v) is 6.14. The molecule has 0 saturated heterocycles. The summed E-state index contributed by atoms with van der Waals surface area (Å²) in [4.78, 5) is 27.1. The van der Waals surface area contributed by atoms with Gasteiger partial charge in [0.1, 0.15) is 12.4 Å². The van der Waals surface area contributed by atoms with E-state index < -0.39 is 0 Å². The van der Waals surface area contributed by atoms with E-state index in [1.807, 2.05) is 74.5 Å². The van der Waals surface area contributed by atoms with Crippen molar-refractivity contribution in [3.05, 3.63) is 89.1 Å². The van der Waals surface area contributed by atoms with Gasteiger partial charge < -0.3 is 29.4 Å². The molecule has 3 aromatic carbocycles. The van der Waals surface area contributed by atoms with Crippen LogP contribution in [0.1, 0.15) is 22.4 Å². The van der Waals surface area contributed by atoms with Crippen molar-refractivity contribution in [2.24, 2.45) is 0 Å². The second kappa shape index (κ2) is 12.7. The number of hydrogen-bond acceptors (Lipinski definition) is 5. The highest BCUT2D eigenvalue weighted by atomic mass is 16.7. The normalized spacial score (nSPS) is 11.4. The van der Waals surface area contributed by atoms with Gasteiger partial charge in [0.25, 0.3) is 0 Å². The van der Waals surface area contributed by atoms with Crippen molar-refractivity contribution in [2.45, 2.75) is 26.9 Å². The Hall–Kier alpha value is -4.46. The molecule has 0 saturated carbocycles. The molecule has 0 bridgehead atoms. The Bertz CT molecular complexity index is 1380. The van der Waals surface area contributed by atoms with Gasteiger partial charge >= 0.3 is 0 Å². The first-order valence-electron chi connectivity index (χ1n) is 12.5. The number of likely N-dealkylation sites (N-methyl/N-ethyl adjacent to an activating group) is 1. The van der Waals surface area contributed by atoms with Crippen LogP contribution in [0.5, 0.6) is 17.2 Å². The van der Waals surface area contributed by atoms with Crippen molar-refractivity contribution < 1.29 is 23.8 Å². The molecular formula is C30H33N3O5. The lowest BCUT2D eigenvalue weighted by Crippen LogP contribution is -2.35. The summed E-state index contributed by atoms with van der Waals surface area (Å²) in [7, 11) is 1.58. The Morgan fingerprint density at radius 2 is 1.84 bits per heavy atom. The average Bonchev–Trinajstić information content (AvgIpc) is 3.51. The zero-order valence-electron chi connectivity index (χ0n) is 22.0. The lowest BCUT2D eigenvalue weighted by Gasteiger charge is -2.10. The van der Waals surface area contributed by atoms with Gasteiger partial charge in [-0.05, 0) is 61.2 Å². The van der Waals surface area contributed by atoms with E-state index in [2.05, 4.69) is 16.4 Å². The van der Waals surface area contributed by atoms with Crippen molar-refractivity contribution in [1.82, 2.24) is 15.2 Å². The molecule has 0 atom stereocenters. The van der Waals surface area contributed by atoms with Gasteiger partial charge in [-0.15, -0.1) is 0 Å². The molecule has 1 aromatic heterocycles. The summed E-state index contributed by atoms with van der Waals surface area (Å²) >= 11 is 0. The number of carbonyl (C=O) groups is 2. The first-order chi connectivity index (χ1) is 18.4. The fourth-order valence-electron chi connectivity index (χ4n) is 4.17. The van der Waals surface area contributed by atoms with Crippen LogP contribution in [-0.4, -0.2) is 49.1 Å². The predicted molar refractivity (Wildman–Crippen MR) is 147 cm³/mol. The SMILES string of the molecule is Cc1[nH]c2cc(OCc3ccccc3)ccc2c1CCNC(=O)CN(C)C=O.Cc1ccc2c(c1)OCO2. The number of ether oxygens (including phenoxy) is 3. The number of aryl methyl sites for hydroxylation is 2. The predicted octanol–water partition coefficient (Wildman–Crippen LogP) is 4.53. The first kappa shape index (κ1) is 26.6. The van der Waals surface area contributed by atoms with Crippen molar-refractivity contribution in [3.63, 3.8) is 0 Å². The molecule has 1 aliphatic heterocycles. The maximum atomic E-state index is 11.8. The molecule has 4 aromatic rings. The molecule has 0 radical (unpaired) electrons. The molecule has 0 unspecified atom stereocenters. The van der Waals surface area contributed by atoms with Crippen molar-refractivity contribution in [3.8, 4) is 17.2 Å². The van der Waals surface area contributed by atoms with Crippen LogP contribution in [0.3, 0.4) is 0 Å². The van der Waals surface area contributed by atoms with Crippen molar-refractivity contribution >= 4 is 23.2 Å². The molecule has 2 N–H and O–H groups in total. The molecule has 0 aliphatic carbocycles. The van der Waals surface area contributed by atoms with E-state index in [0.717, 1.165) is 39.4 Å². The number of amides is 2. The lowest BCUT2D eigenvalue weighted by molar-refractivity contribution is -0.127. The summed E-state index contributed by atoms with van der Waals surface area (Å²) in [5, 5.41) is 3.98. The number of fused-ring (bicyclic) bond motifs is 2. The number of nitrogens with one attached hydrogen (secondary N) is 2. The number of aromatic amines is 1. The molecule has 38 heavy (non-hydrogen) atoms. The van der Waals surface area contributed by atoms with Gasteiger partial charge in [0.2, 0.25) is 19.1 Å². The third-order valence-electron chi connectivity index (χ3n) is 6.14. The van der Waals surface area contributed by atoms with Crippen molar-refractivity contribution in [2.75, 3.05) is 26.9 Å². The van der Waals surface area contributed by atoms with E-state index in [0.29, 0.717) is 32.8 Å². The molecule has 0 spiro atoms. The fourth-order valence-corrected chi connectivity index (χ4v) is 4.17. The first-order valence-corrected chi connectivity index (χ1v) is 12.5. The summed E-state index contributed by atoms with van der Waals surface area (Å²) in [5.74, 6) is 2.36. The second-order valence-electron chi connectivity index (χ2n) is 9.19. The maximum Gasteiger partial charge on any atom is 0.239 e. The quantitative estimate of drug-likeness (QED) is 0.320. The van der Waals surface area contributed by atoms with E-state index in [4.69, 9.17) is 14.2 Å². The van der Waals surface area contributed by atoms with Crippen LogP contribution in [0.25, 0.3) is 10.9 Å². The maximum absolute atomic E-state index is 11.8. The third kappa shape index (κ3) is 7.06. The number of carbonyl (C=O) groups excluding carboxylic acids is 2. The number of hydrogen-bond donors (Lipinski definition) is 2. The van der Waals surface area contributed by atoms with Crippen LogP contribution in [0, 0.1) is 13.8 Å². The molecule has 1 aliphatic rings. The van der Waals surface area contributed by atoms with Crippen molar-refractivity contribution in [1.29, 1.82) is 0 Å². The minimum atomic E-state index is -0.163. The van der Waals surface area contributed by atoms with Gasteiger partial charge in [-0.3, -0.25) is 9.59 Å². The monoisotopic (exact) mass is 515 g/mol. The molecule has 8 nitrogen and oxygen atoms in total. The Morgan fingerprint density at radius 1 is 1.05 bits per heavy atom. The summed E-state index contributed by atoms with van der Waals surface area (Å²) in [6, 6.07) is 22.0. The van der Waals surface area contributed by atoms with Crippen LogP contribution < -0.4 is 19.5 Å². The van der Waals surface area contributed by atoms with E-state index >= 15 is 0 Å². The van der Waals surface area contributed by atoms with E-state index in [1.54, 1.807) is 7.05 Å². The molecule has 8 heteroatoms. The second-order valence-corrected chi connectivity index (χ2v) is 9.19. The Balaban J connectivity index is 0.000000278. The summed E-state index contributed by atoms with van der Waals surface area (Å²) in [5.41, 5.74) is 5.60. The van der Waals surface area contributed by atoms with Crippen LogP contribution in [-0.2, 0) is 22.6 Å². The molecule has 5 rings (SSSR count). The Morgan fingerprint density at radius 3 is 2.63 bits per heavy atom. The fraction of sp³-hybridized carbons (Fsp3) is 0.267. The van der Waals surface area contributed by atoms with Gasteiger partial charge in [0.05, 0.1) is 6.54 Å². The van der Waals surface area contributed by atoms with E-state index in [1.165, 1.54) is 16.0 Å². The Kier molecular flexibility index (Phi) is 8.87. The molecule has 198 valence electrons. The standard InChI is InChI=1S/C22H25N3O3.C8H8O2/c1-16-19(10-11-23-22(27)13-25(2)15-26)20-9-8-18(12-21(20)24-16)28-14-17-6-4-3-5-7-17;1-6-2-3-7-8(4-6)10-5-9-7/h3-9,12,15,24H,10-11,13-14H2,1-2H3,(H,23,27);2-4H,5H2,1H3. The minimum Gasteiger partial charge on any atom is -0.489 e. The van der Waals surface area contributed by atoms with Gasteiger partial charge in [0.15, 0.2) is 11.5 Å². The number of nitrogens with zero attached hydrogens (tertiary/aromatic N) is 1. The zero-order valence-corrected chi connectivity index (χ0v) is 22.0. The van der Waals surface area contributed by atoms with Crippen LogP contribution in [0.2, 0.25) is 0 Å². The van der Waals surface area contributed by atoms with Crippen LogP contribution in [0.4, 0.5) is 0 Å². The smallest absolute Gasteiger partial charge is 0.239 e. The highest BCUT2D eigenvalue weighted by Gasteiger charge is 2.12. The molecule has 0 fully saturated rings. The van der Waals surface area contributed by atoms with Crippen LogP contribution in [0.15, 0.2) is 66.7 Å².